The molecule has 0 bridgehead atoms. The van der Waals surface area contributed by atoms with Gasteiger partial charge in [-0.3, -0.25) is 4.79 Å². The van der Waals surface area contributed by atoms with E-state index in [1.807, 2.05) is 6.92 Å². The molecule has 5 heteroatoms. The first-order chi connectivity index (χ1) is 9.40. The van der Waals surface area contributed by atoms with Crippen LogP contribution in [0, 0.1) is 6.92 Å². The molecule has 1 N–H and O–H groups in total. The number of methoxy groups -OCH3 is 1. The predicted octanol–water partition coefficient (Wildman–Crippen LogP) is 2.08. The van der Waals surface area contributed by atoms with Crippen LogP contribution in [0.25, 0.3) is 0 Å². The second-order valence-corrected chi connectivity index (χ2v) is 5.32. The number of hydrogen-bond donors (Lipinski definition) is 1. The third-order valence-electron chi connectivity index (χ3n) is 4.01. The number of nitrogens with zero attached hydrogens (tertiary/aromatic N) is 1. The minimum Gasteiger partial charge on any atom is -0.497 e. The number of amides is 1. The van der Waals surface area contributed by atoms with Gasteiger partial charge in [-0.2, -0.15) is 0 Å². The highest BCUT2D eigenvalue weighted by Gasteiger charge is 2.46. The maximum Gasteiger partial charge on any atom is 0.329 e. The van der Waals surface area contributed by atoms with Crippen molar-refractivity contribution in [3.05, 3.63) is 29.3 Å². The van der Waals surface area contributed by atoms with E-state index in [9.17, 15) is 14.7 Å². The van der Waals surface area contributed by atoms with E-state index in [-0.39, 0.29) is 5.91 Å². The van der Waals surface area contributed by atoms with Gasteiger partial charge in [-0.25, -0.2) is 4.79 Å². The molecular formula is C15H19NO4. The van der Waals surface area contributed by atoms with Crippen molar-refractivity contribution in [3.63, 3.8) is 0 Å². The Balaban J connectivity index is 2.34. The van der Waals surface area contributed by atoms with E-state index in [0.29, 0.717) is 30.7 Å². The van der Waals surface area contributed by atoms with Gasteiger partial charge in [0.05, 0.1) is 7.11 Å². The van der Waals surface area contributed by atoms with Crippen molar-refractivity contribution in [1.29, 1.82) is 0 Å². The minimum absolute atomic E-state index is 0.229. The second kappa shape index (κ2) is 5.15. The van der Waals surface area contributed by atoms with Crippen LogP contribution in [0.1, 0.15) is 35.7 Å². The van der Waals surface area contributed by atoms with Crippen LogP contribution in [0.2, 0.25) is 0 Å². The Morgan fingerprint density at radius 1 is 1.40 bits per heavy atom. The van der Waals surface area contributed by atoms with Crippen molar-refractivity contribution in [2.75, 3.05) is 13.7 Å². The molecule has 0 spiro atoms. The first-order valence-corrected chi connectivity index (χ1v) is 6.60. The summed E-state index contributed by atoms with van der Waals surface area (Å²) in [7, 11) is 1.57. The Morgan fingerprint density at radius 3 is 2.65 bits per heavy atom. The molecule has 0 saturated carbocycles. The van der Waals surface area contributed by atoms with E-state index in [4.69, 9.17) is 4.74 Å². The standard InChI is InChI=1S/C15H19NO4/c1-10-9-11(20-3)5-6-12(10)13(17)16-8-4-7-15(16,2)14(18)19/h5-6,9H,4,7-8H2,1-3H3,(H,18,19). The van der Waals surface area contributed by atoms with Gasteiger partial charge in [0, 0.05) is 12.1 Å². The largest absolute Gasteiger partial charge is 0.497 e. The Bertz CT molecular complexity index is 555. The van der Waals surface area contributed by atoms with Crippen LogP contribution < -0.4 is 4.74 Å². The quantitative estimate of drug-likeness (QED) is 0.918. The molecule has 1 saturated heterocycles. The van der Waals surface area contributed by atoms with E-state index in [1.54, 1.807) is 32.2 Å². The first kappa shape index (κ1) is 14.4. The Kier molecular flexibility index (Phi) is 3.70. The highest BCUT2D eigenvalue weighted by Crippen LogP contribution is 2.31. The molecule has 1 aliphatic heterocycles. The lowest BCUT2D eigenvalue weighted by Gasteiger charge is -2.31. The van der Waals surface area contributed by atoms with Crippen molar-refractivity contribution < 1.29 is 19.4 Å². The van der Waals surface area contributed by atoms with Gasteiger partial charge in [0.1, 0.15) is 11.3 Å². The molecule has 0 aromatic heterocycles. The number of rotatable bonds is 3. The summed E-state index contributed by atoms with van der Waals surface area (Å²) in [6.45, 7) is 3.91. The topological polar surface area (TPSA) is 66.8 Å². The van der Waals surface area contributed by atoms with Crippen molar-refractivity contribution in [2.24, 2.45) is 0 Å². The molecule has 5 nitrogen and oxygen atoms in total. The van der Waals surface area contributed by atoms with Crippen LogP contribution in [0.5, 0.6) is 5.75 Å². The van der Waals surface area contributed by atoms with E-state index in [0.717, 1.165) is 5.56 Å². The average molecular weight is 277 g/mol. The molecule has 1 heterocycles. The molecule has 1 atom stereocenters. The third kappa shape index (κ3) is 2.24. The van der Waals surface area contributed by atoms with Crippen LogP contribution in [0.3, 0.4) is 0 Å². The predicted molar refractivity (Wildman–Crippen MR) is 74.0 cm³/mol. The number of carboxylic acid groups (broad SMARTS) is 1. The van der Waals surface area contributed by atoms with Crippen molar-refractivity contribution in [2.45, 2.75) is 32.2 Å². The molecule has 1 unspecified atom stereocenters. The maximum absolute atomic E-state index is 12.6. The summed E-state index contributed by atoms with van der Waals surface area (Å²) < 4.78 is 5.12. The molecule has 1 fully saturated rings. The third-order valence-corrected chi connectivity index (χ3v) is 4.01. The van der Waals surface area contributed by atoms with E-state index >= 15 is 0 Å². The van der Waals surface area contributed by atoms with Crippen molar-refractivity contribution >= 4 is 11.9 Å². The zero-order valence-electron chi connectivity index (χ0n) is 12.0. The van der Waals surface area contributed by atoms with Gasteiger partial charge >= 0.3 is 5.97 Å². The zero-order valence-corrected chi connectivity index (χ0v) is 12.0. The second-order valence-electron chi connectivity index (χ2n) is 5.32. The summed E-state index contributed by atoms with van der Waals surface area (Å²) in [5.74, 6) is -0.497. The number of benzene rings is 1. The Morgan fingerprint density at radius 2 is 2.10 bits per heavy atom. The fraction of sp³-hybridized carbons (Fsp3) is 0.467. The number of carbonyl (C=O) groups is 2. The van der Waals surface area contributed by atoms with Gasteiger partial charge in [-0.15, -0.1) is 0 Å². The smallest absolute Gasteiger partial charge is 0.329 e. The molecule has 1 amide bonds. The molecule has 20 heavy (non-hydrogen) atoms. The molecular weight excluding hydrogens is 258 g/mol. The number of aliphatic carboxylic acids is 1. The normalized spacial score (nSPS) is 21.9. The number of ether oxygens (including phenoxy) is 1. The van der Waals surface area contributed by atoms with E-state index in [1.165, 1.54) is 4.90 Å². The van der Waals surface area contributed by atoms with Crippen molar-refractivity contribution in [3.8, 4) is 5.75 Å². The molecule has 1 aromatic carbocycles. The van der Waals surface area contributed by atoms with E-state index in [2.05, 4.69) is 0 Å². The molecule has 1 aromatic rings. The van der Waals surface area contributed by atoms with E-state index < -0.39 is 11.5 Å². The summed E-state index contributed by atoms with van der Waals surface area (Å²) in [5.41, 5.74) is 0.206. The van der Waals surface area contributed by atoms with Gasteiger partial charge in [0.25, 0.3) is 5.91 Å². The lowest BCUT2D eigenvalue weighted by atomic mass is 9.98. The van der Waals surface area contributed by atoms with Crippen molar-refractivity contribution in [1.82, 2.24) is 4.90 Å². The molecule has 1 aliphatic rings. The molecule has 0 radical (unpaired) electrons. The summed E-state index contributed by atoms with van der Waals surface area (Å²) in [6, 6.07) is 5.19. The van der Waals surface area contributed by atoms with Crippen LogP contribution in [0.15, 0.2) is 18.2 Å². The summed E-state index contributed by atoms with van der Waals surface area (Å²) in [6.07, 6.45) is 1.20. The van der Waals surface area contributed by atoms with Gasteiger partial charge in [-0.1, -0.05) is 0 Å². The molecule has 108 valence electrons. The highest BCUT2D eigenvalue weighted by molar-refractivity contribution is 5.99. The fourth-order valence-electron chi connectivity index (χ4n) is 2.66. The summed E-state index contributed by atoms with van der Waals surface area (Å²) in [4.78, 5) is 25.5. The molecule has 2 rings (SSSR count). The summed E-state index contributed by atoms with van der Waals surface area (Å²) >= 11 is 0. The number of hydrogen-bond acceptors (Lipinski definition) is 3. The van der Waals surface area contributed by atoms with Gasteiger partial charge < -0.3 is 14.7 Å². The van der Waals surface area contributed by atoms with Crippen LogP contribution >= 0.6 is 0 Å². The lowest BCUT2D eigenvalue weighted by molar-refractivity contribution is -0.147. The number of aryl methyl sites for hydroxylation is 1. The number of carbonyl (C=O) groups excluding carboxylic acids is 1. The first-order valence-electron chi connectivity index (χ1n) is 6.60. The van der Waals surface area contributed by atoms with Crippen LogP contribution in [-0.2, 0) is 4.79 Å². The monoisotopic (exact) mass is 277 g/mol. The van der Waals surface area contributed by atoms with Gasteiger partial charge in [0.15, 0.2) is 0 Å². The SMILES string of the molecule is COc1ccc(C(=O)N2CCCC2(C)C(=O)O)c(C)c1. The van der Waals surface area contributed by atoms with Gasteiger partial charge in [0.2, 0.25) is 0 Å². The maximum atomic E-state index is 12.6. The Hall–Kier alpha value is -2.04. The lowest BCUT2D eigenvalue weighted by Crippen LogP contribution is -2.50. The fourth-order valence-corrected chi connectivity index (χ4v) is 2.66. The number of likely N-dealkylation sites (tertiary alicyclic amines) is 1. The highest BCUT2D eigenvalue weighted by atomic mass is 16.5. The minimum atomic E-state index is -1.11. The summed E-state index contributed by atoms with van der Waals surface area (Å²) in [5, 5.41) is 9.38. The zero-order chi connectivity index (χ0) is 14.9. The van der Waals surface area contributed by atoms with Gasteiger partial charge in [-0.05, 0) is 50.5 Å². The Labute approximate surface area is 118 Å². The van der Waals surface area contributed by atoms with Crippen LogP contribution in [0.4, 0.5) is 0 Å². The average Bonchev–Trinajstić information content (AvgIpc) is 2.81. The number of carboxylic acids is 1. The van der Waals surface area contributed by atoms with Crippen LogP contribution in [-0.4, -0.2) is 41.1 Å². The molecule has 0 aliphatic carbocycles.